The number of nitrogens with one attached hydrogen (secondary N) is 1. The Morgan fingerprint density at radius 2 is 1.67 bits per heavy atom. The van der Waals surface area contributed by atoms with Crippen LogP contribution in [-0.2, 0) is 10.0 Å². The second-order valence-corrected chi connectivity index (χ2v) is 8.03. The van der Waals surface area contributed by atoms with Crippen molar-refractivity contribution in [2.75, 3.05) is 13.2 Å². The molecule has 27 heavy (non-hydrogen) atoms. The summed E-state index contributed by atoms with van der Waals surface area (Å²) in [6.07, 6.45) is 0. The molecule has 1 N–H and O–H groups in total. The summed E-state index contributed by atoms with van der Waals surface area (Å²) in [5.74, 6) is 0.330. The van der Waals surface area contributed by atoms with E-state index in [1.807, 2.05) is 37.3 Å². The van der Waals surface area contributed by atoms with Gasteiger partial charge in [-0.05, 0) is 37.3 Å². The maximum atomic E-state index is 12.1. The van der Waals surface area contributed by atoms with Gasteiger partial charge in [0.25, 0.3) is 0 Å². The van der Waals surface area contributed by atoms with Gasteiger partial charge in [0.1, 0.15) is 6.61 Å². The number of hydrogen-bond acceptors (Lipinski definition) is 5. The highest BCUT2D eigenvalue weighted by Gasteiger charge is 2.13. The van der Waals surface area contributed by atoms with Gasteiger partial charge in [0.05, 0.1) is 10.6 Å². The quantitative estimate of drug-likeness (QED) is 0.611. The molecule has 0 saturated carbocycles. The fourth-order valence-corrected chi connectivity index (χ4v) is 3.44. The summed E-state index contributed by atoms with van der Waals surface area (Å²) in [5, 5.41) is 8.63. The van der Waals surface area contributed by atoms with Crippen molar-refractivity contribution in [3.05, 3.63) is 71.2 Å². The van der Waals surface area contributed by atoms with E-state index in [-0.39, 0.29) is 18.0 Å². The molecule has 0 spiro atoms. The monoisotopic (exact) mass is 403 g/mol. The van der Waals surface area contributed by atoms with Crippen LogP contribution in [0.1, 0.15) is 5.56 Å². The first-order valence-electron chi connectivity index (χ1n) is 8.23. The Morgan fingerprint density at radius 1 is 0.963 bits per heavy atom. The molecule has 0 aliphatic carbocycles. The van der Waals surface area contributed by atoms with Gasteiger partial charge in [0.2, 0.25) is 15.9 Å². The average Bonchev–Trinajstić information content (AvgIpc) is 2.67. The largest absolute Gasteiger partial charge is 0.475 e. The van der Waals surface area contributed by atoms with Gasteiger partial charge < -0.3 is 4.74 Å². The number of aryl methyl sites for hydroxylation is 1. The second kappa shape index (κ2) is 8.47. The predicted molar refractivity (Wildman–Crippen MR) is 104 cm³/mol. The van der Waals surface area contributed by atoms with Crippen LogP contribution in [-0.4, -0.2) is 31.8 Å². The Balaban J connectivity index is 1.52. The SMILES string of the molecule is Cc1ccc(-c2ccc(OCCNS(=O)(=O)c3ccc(Cl)cc3)nn2)cc1. The number of sulfonamides is 1. The molecule has 0 unspecified atom stereocenters. The molecule has 0 bridgehead atoms. The van der Waals surface area contributed by atoms with Crippen molar-refractivity contribution in [1.29, 1.82) is 0 Å². The van der Waals surface area contributed by atoms with E-state index >= 15 is 0 Å². The molecule has 1 aromatic heterocycles. The van der Waals surface area contributed by atoms with Gasteiger partial charge in [-0.2, -0.15) is 0 Å². The number of hydrogen-bond donors (Lipinski definition) is 1. The maximum Gasteiger partial charge on any atom is 0.240 e. The van der Waals surface area contributed by atoms with E-state index in [4.69, 9.17) is 16.3 Å². The van der Waals surface area contributed by atoms with Gasteiger partial charge >= 0.3 is 0 Å². The lowest BCUT2D eigenvalue weighted by atomic mass is 10.1. The standard InChI is InChI=1S/C19H18ClN3O3S/c1-14-2-4-15(5-3-14)18-10-11-19(23-22-18)26-13-12-21-27(24,25)17-8-6-16(20)7-9-17/h2-11,21H,12-13H2,1H3. The van der Waals surface area contributed by atoms with Crippen LogP contribution in [0.2, 0.25) is 5.02 Å². The molecule has 0 radical (unpaired) electrons. The minimum absolute atomic E-state index is 0.104. The summed E-state index contributed by atoms with van der Waals surface area (Å²) in [6, 6.07) is 17.4. The van der Waals surface area contributed by atoms with Crippen LogP contribution < -0.4 is 9.46 Å². The molecule has 0 aliphatic rings. The van der Waals surface area contributed by atoms with Crippen molar-refractivity contribution in [2.24, 2.45) is 0 Å². The van der Waals surface area contributed by atoms with Gasteiger partial charge in [-0.3, -0.25) is 0 Å². The smallest absolute Gasteiger partial charge is 0.240 e. The van der Waals surface area contributed by atoms with E-state index in [9.17, 15) is 8.42 Å². The summed E-state index contributed by atoms with van der Waals surface area (Å²) < 4.78 is 32.2. The zero-order valence-electron chi connectivity index (χ0n) is 14.6. The van der Waals surface area contributed by atoms with Crippen LogP contribution in [0.3, 0.4) is 0 Å². The van der Waals surface area contributed by atoms with Crippen molar-refractivity contribution in [1.82, 2.24) is 14.9 Å². The lowest BCUT2D eigenvalue weighted by Crippen LogP contribution is -2.28. The minimum atomic E-state index is -3.60. The van der Waals surface area contributed by atoms with Crippen LogP contribution in [0, 0.1) is 6.92 Å². The van der Waals surface area contributed by atoms with E-state index in [0.717, 1.165) is 11.3 Å². The van der Waals surface area contributed by atoms with Crippen molar-refractivity contribution >= 4 is 21.6 Å². The highest BCUT2D eigenvalue weighted by molar-refractivity contribution is 7.89. The van der Waals surface area contributed by atoms with Crippen molar-refractivity contribution < 1.29 is 13.2 Å². The molecule has 3 aromatic rings. The zero-order valence-corrected chi connectivity index (χ0v) is 16.2. The lowest BCUT2D eigenvalue weighted by Gasteiger charge is -2.08. The first kappa shape index (κ1) is 19.3. The Hall–Kier alpha value is -2.48. The number of aromatic nitrogens is 2. The third-order valence-corrected chi connectivity index (χ3v) is 5.48. The summed E-state index contributed by atoms with van der Waals surface area (Å²) >= 11 is 5.77. The van der Waals surface area contributed by atoms with Crippen LogP contribution in [0.25, 0.3) is 11.3 Å². The third kappa shape index (κ3) is 5.26. The van der Waals surface area contributed by atoms with E-state index in [1.54, 1.807) is 6.07 Å². The molecular formula is C19H18ClN3O3S. The highest BCUT2D eigenvalue weighted by atomic mass is 35.5. The normalized spacial score (nSPS) is 11.3. The van der Waals surface area contributed by atoms with Gasteiger partial charge in [0, 0.05) is 23.2 Å². The predicted octanol–water partition coefficient (Wildman–Crippen LogP) is 3.46. The number of benzene rings is 2. The topological polar surface area (TPSA) is 81.2 Å². The molecule has 0 saturated heterocycles. The molecule has 0 atom stereocenters. The Labute approximate surface area is 163 Å². The Kier molecular flexibility index (Phi) is 6.05. The molecular weight excluding hydrogens is 386 g/mol. The summed E-state index contributed by atoms with van der Waals surface area (Å²) in [7, 11) is -3.60. The van der Waals surface area contributed by atoms with Crippen LogP contribution >= 0.6 is 11.6 Å². The van der Waals surface area contributed by atoms with Crippen molar-refractivity contribution in [3.8, 4) is 17.1 Å². The summed E-state index contributed by atoms with van der Waals surface area (Å²) in [5.41, 5.74) is 2.88. The molecule has 6 nitrogen and oxygen atoms in total. The number of ether oxygens (including phenoxy) is 1. The molecule has 3 rings (SSSR count). The Morgan fingerprint density at radius 3 is 2.30 bits per heavy atom. The molecule has 8 heteroatoms. The van der Waals surface area contributed by atoms with Gasteiger partial charge in [-0.15, -0.1) is 10.2 Å². The van der Waals surface area contributed by atoms with Crippen molar-refractivity contribution in [2.45, 2.75) is 11.8 Å². The first-order valence-corrected chi connectivity index (χ1v) is 10.1. The average molecular weight is 404 g/mol. The Bertz CT molecular complexity index is 990. The number of rotatable bonds is 7. The fourth-order valence-electron chi connectivity index (χ4n) is 2.30. The minimum Gasteiger partial charge on any atom is -0.475 e. The molecule has 0 aliphatic heterocycles. The zero-order chi connectivity index (χ0) is 19.3. The van der Waals surface area contributed by atoms with Gasteiger partial charge in [-0.25, -0.2) is 13.1 Å². The lowest BCUT2D eigenvalue weighted by molar-refractivity contribution is 0.307. The summed E-state index contributed by atoms with van der Waals surface area (Å²) in [4.78, 5) is 0.147. The molecule has 0 amide bonds. The van der Waals surface area contributed by atoms with E-state index in [2.05, 4.69) is 14.9 Å². The second-order valence-electron chi connectivity index (χ2n) is 5.82. The van der Waals surface area contributed by atoms with Gasteiger partial charge in [0.15, 0.2) is 0 Å². The van der Waals surface area contributed by atoms with Gasteiger partial charge in [-0.1, -0.05) is 41.4 Å². The highest BCUT2D eigenvalue weighted by Crippen LogP contribution is 2.18. The number of halogens is 1. The van der Waals surface area contributed by atoms with Crippen LogP contribution in [0.4, 0.5) is 0 Å². The van der Waals surface area contributed by atoms with E-state index in [0.29, 0.717) is 10.9 Å². The summed E-state index contributed by atoms with van der Waals surface area (Å²) in [6.45, 7) is 2.26. The molecule has 1 heterocycles. The molecule has 2 aromatic carbocycles. The number of nitrogens with zero attached hydrogens (tertiary/aromatic N) is 2. The first-order chi connectivity index (χ1) is 12.9. The van der Waals surface area contributed by atoms with E-state index in [1.165, 1.54) is 29.8 Å². The van der Waals surface area contributed by atoms with Crippen LogP contribution in [0.5, 0.6) is 5.88 Å². The molecule has 0 fully saturated rings. The third-order valence-electron chi connectivity index (χ3n) is 3.76. The van der Waals surface area contributed by atoms with Crippen molar-refractivity contribution in [3.63, 3.8) is 0 Å². The van der Waals surface area contributed by atoms with Crippen LogP contribution in [0.15, 0.2) is 65.6 Å². The maximum absolute atomic E-state index is 12.1. The van der Waals surface area contributed by atoms with E-state index < -0.39 is 10.0 Å². The fraction of sp³-hybridized carbons (Fsp3) is 0.158. The molecule has 140 valence electrons.